The molecule has 2 saturated heterocycles. The number of nitrogens with one attached hydrogen (secondary N) is 1. The number of aliphatic imine (C=N–C) groups is 1. The molecule has 0 amide bonds. The van der Waals surface area contributed by atoms with Crippen LogP contribution in [0.25, 0.3) is 0 Å². The van der Waals surface area contributed by atoms with E-state index in [-0.39, 0.29) is 24.0 Å². The van der Waals surface area contributed by atoms with Gasteiger partial charge in [-0.2, -0.15) is 4.37 Å². The molecule has 8 nitrogen and oxygen atoms in total. The van der Waals surface area contributed by atoms with Gasteiger partial charge >= 0.3 is 0 Å². The van der Waals surface area contributed by atoms with Crippen molar-refractivity contribution >= 4 is 46.6 Å². The first kappa shape index (κ1) is 24.5. The van der Waals surface area contributed by atoms with E-state index in [4.69, 9.17) is 4.99 Å². The summed E-state index contributed by atoms with van der Waals surface area (Å²) in [5.74, 6) is 2.00. The summed E-state index contributed by atoms with van der Waals surface area (Å²) >= 11 is 1.52. The molecule has 0 aromatic carbocycles. The van der Waals surface area contributed by atoms with Gasteiger partial charge in [0.15, 0.2) is 5.96 Å². The minimum absolute atomic E-state index is 0. The number of aryl methyl sites for hydroxylation is 1. The van der Waals surface area contributed by atoms with Crippen molar-refractivity contribution in [3.8, 4) is 0 Å². The number of guanidine groups is 1. The van der Waals surface area contributed by atoms with E-state index in [0.29, 0.717) is 6.04 Å². The molecular weight excluding hydrogens is 499 g/mol. The number of nitrogens with zero attached hydrogens (tertiary/aromatic N) is 7. The molecule has 2 aliphatic heterocycles. The molecule has 10 heteroatoms. The number of aromatic nitrogens is 2. The van der Waals surface area contributed by atoms with Gasteiger partial charge in [0.05, 0.1) is 6.54 Å². The Balaban J connectivity index is 0.00000300. The van der Waals surface area contributed by atoms with Gasteiger partial charge in [0, 0.05) is 82.9 Å². The highest BCUT2D eigenvalue weighted by atomic mass is 127. The molecular formula is C19H37IN8S. The monoisotopic (exact) mass is 536 g/mol. The van der Waals surface area contributed by atoms with Gasteiger partial charge in [-0.1, -0.05) is 6.92 Å². The van der Waals surface area contributed by atoms with E-state index in [9.17, 15) is 0 Å². The van der Waals surface area contributed by atoms with Crippen molar-refractivity contribution in [1.82, 2.24) is 29.4 Å². The van der Waals surface area contributed by atoms with Crippen LogP contribution in [0.15, 0.2) is 4.99 Å². The van der Waals surface area contributed by atoms with Crippen LogP contribution in [0.2, 0.25) is 0 Å². The number of anilines is 1. The minimum atomic E-state index is 0. The van der Waals surface area contributed by atoms with Gasteiger partial charge in [0.1, 0.15) is 5.82 Å². The molecule has 1 aromatic heterocycles. The molecule has 2 fully saturated rings. The first-order chi connectivity index (χ1) is 13.6. The van der Waals surface area contributed by atoms with Crippen molar-refractivity contribution in [2.45, 2.75) is 33.2 Å². The molecule has 3 heterocycles. The summed E-state index contributed by atoms with van der Waals surface area (Å²) in [6.45, 7) is 16.8. The smallest absolute Gasteiger partial charge is 0.205 e. The van der Waals surface area contributed by atoms with Crippen LogP contribution in [0.1, 0.15) is 26.6 Å². The zero-order valence-corrected chi connectivity index (χ0v) is 21.4. The molecule has 1 N–H and O–H groups in total. The average Bonchev–Trinajstić information content (AvgIpc) is 3.21. The summed E-state index contributed by atoms with van der Waals surface area (Å²) in [7, 11) is 2.20. The zero-order chi connectivity index (χ0) is 19.9. The maximum atomic E-state index is 4.98. The van der Waals surface area contributed by atoms with Crippen LogP contribution in [-0.2, 0) is 6.42 Å². The quantitative estimate of drug-likeness (QED) is 0.336. The summed E-state index contributed by atoms with van der Waals surface area (Å²) < 4.78 is 4.42. The van der Waals surface area contributed by atoms with Gasteiger partial charge in [-0.3, -0.25) is 9.89 Å². The Hall–Kier alpha value is -0.720. The lowest BCUT2D eigenvalue weighted by Crippen LogP contribution is -2.53. The van der Waals surface area contributed by atoms with Crippen LogP contribution >= 0.6 is 35.5 Å². The third kappa shape index (κ3) is 6.90. The first-order valence-corrected chi connectivity index (χ1v) is 11.4. The topological polar surface area (TPSA) is 63.1 Å². The van der Waals surface area contributed by atoms with Gasteiger partial charge in [-0.05, 0) is 20.9 Å². The Kier molecular flexibility index (Phi) is 10.3. The van der Waals surface area contributed by atoms with Crippen LogP contribution in [-0.4, -0.2) is 109 Å². The van der Waals surface area contributed by atoms with Crippen molar-refractivity contribution in [2.24, 2.45) is 4.99 Å². The van der Waals surface area contributed by atoms with Gasteiger partial charge < -0.3 is 20.0 Å². The van der Waals surface area contributed by atoms with Crippen molar-refractivity contribution in [3.05, 3.63) is 5.82 Å². The van der Waals surface area contributed by atoms with E-state index in [0.717, 1.165) is 88.8 Å². The fourth-order valence-electron chi connectivity index (χ4n) is 3.65. The Labute approximate surface area is 196 Å². The highest BCUT2D eigenvalue weighted by Gasteiger charge is 2.23. The van der Waals surface area contributed by atoms with Crippen molar-refractivity contribution in [3.63, 3.8) is 0 Å². The standard InChI is InChI=1S/C19H36N8S.HI/c1-5-17-22-19(28-23-17)27-13-11-26(12-14-27)18(20-6-2)21-15-16(3)25-9-7-24(4)8-10-25;/h16H,5-15H2,1-4H3,(H,20,21);1H. The Morgan fingerprint density at radius 3 is 2.38 bits per heavy atom. The van der Waals surface area contributed by atoms with Crippen molar-refractivity contribution in [1.29, 1.82) is 0 Å². The number of hydrogen-bond donors (Lipinski definition) is 1. The first-order valence-electron chi connectivity index (χ1n) is 10.6. The van der Waals surface area contributed by atoms with Crippen LogP contribution in [0.3, 0.4) is 0 Å². The lowest BCUT2D eigenvalue weighted by Gasteiger charge is -2.37. The molecule has 1 atom stereocenters. The van der Waals surface area contributed by atoms with Crippen LogP contribution < -0.4 is 10.2 Å². The van der Waals surface area contributed by atoms with Gasteiger partial charge in [-0.15, -0.1) is 24.0 Å². The SMILES string of the molecule is CCNC(=NCC(C)N1CCN(C)CC1)N1CCN(c2nc(CC)ns2)CC1.I. The number of hydrogen-bond acceptors (Lipinski definition) is 7. The van der Waals surface area contributed by atoms with Crippen LogP contribution in [0.5, 0.6) is 0 Å². The van der Waals surface area contributed by atoms with Gasteiger partial charge in [-0.25, -0.2) is 4.98 Å². The normalized spacial score (nSPS) is 20.5. The highest BCUT2D eigenvalue weighted by Crippen LogP contribution is 2.19. The number of likely N-dealkylation sites (N-methyl/N-ethyl adjacent to an activating group) is 1. The maximum absolute atomic E-state index is 4.98. The molecule has 0 saturated carbocycles. The number of rotatable bonds is 6. The molecule has 0 spiro atoms. The summed E-state index contributed by atoms with van der Waals surface area (Å²) in [6.07, 6.45) is 0.902. The van der Waals surface area contributed by atoms with Gasteiger partial charge in [0.2, 0.25) is 5.13 Å². The number of piperazine rings is 2. The average molecular weight is 537 g/mol. The second-order valence-corrected chi connectivity index (χ2v) is 8.43. The second-order valence-electron chi connectivity index (χ2n) is 7.70. The van der Waals surface area contributed by atoms with E-state index in [2.05, 4.69) is 62.1 Å². The Bertz CT molecular complexity index is 623. The van der Waals surface area contributed by atoms with E-state index >= 15 is 0 Å². The molecule has 1 unspecified atom stereocenters. The van der Waals surface area contributed by atoms with Crippen LogP contribution in [0, 0.1) is 0 Å². The Morgan fingerprint density at radius 2 is 1.79 bits per heavy atom. The number of halogens is 1. The van der Waals surface area contributed by atoms with E-state index in [1.807, 2.05) is 0 Å². The summed E-state index contributed by atoms with van der Waals surface area (Å²) in [5.41, 5.74) is 0. The molecule has 3 rings (SSSR count). The van der Waals surface area contributed by atoms with Crippen molar-refractivity contribution in [2.75, 3.05) is 77.4 Å². The van der Waals surface area contributed by atoms with Gasteiger partial charge in [0.25, 0.3) is 0 Å². The van der Waals surface area contributed by atoms with E-state index in [1.54, 1.807) is 0 Å². The summed E-state index contributed by atoms with van der Waals surface area (Å²) in [4.78, 5) is 19.3. The lowest BCUT2D eigenvalue weighted by atomic mass is 10.2. The van der Waals surface area contributed by atoms with Crippen LogP contribution in [0.4, 0.5) is 5.13 Å². The zero-order valence-electron chi connectivity index (χ0n) is 18.3. The third-order valence-electron chi connectivity index (χ3n) is 5.62. The third-order valence-corrected chi connectivity index (χ3v) is 6.44. The predicted octanol–water partition coefficient (Wildman–Crippen LogP) is 1.44. The van der Waals surface area contributed by atoms with E-state index < -0.39 is 0 Å². The fourth-order valence-corrected chi connectivity index (χ4v) is 4.45. The molecule has 1 aromatic rings. The van der Waals surface area contributed by atoms with Crippen molar-refractivity contribution < 1.29 is 0 Å². The predicted molar refractivity (Wildman–Crippen MR) is 133 cm³/mol. The summed E-state index contributed by atoms with van der Waals surface area (Å²) in [6, 6.07) is 0.484. The Morgan fingerprint density at radius 1 is 1.10 bits per heavy atom. The molecule has 0 radical (unpaired) electrons. The van der Waals surface area contributed by atoms with E-state index in [1.165, 1.54) is 11.5 Å². The molecule has 0 bridgehead atoms. The minimum Gasteiger partial charge on any atom is -0.357 e. The molecule has 0 aliphatic carbocycles. The largest absolute Gasteiger partial charge is 0.357 e. The fraction of sp³-hybridized carbons (Fsp3) is 0.842. The molecule has 166 valence electrons. The maximum Gasteiger partial charge on any atom is 0.205 e. The highest BCUT2D eigenvalue weighted by molar-refractivity contribution is 14.0. The second kappa shape index (κ2) is 12.2. The molecule has 29 heavy (non-hydrogen) atoms. The lowest BCUT2D eigenvalue weighted by molar-refractivity contribution is 0.122. The molecule has 2 aliphatic rings. The summed E-state index contributed by atoms with van der Waals surface area (Å²) in [5, 5.41) is 4.55.